The summed E-state index contributed by atoms with van der Waals surface area (Å²) in [7, 11) is 3.00. The maximum absolute atomic E-state index is 12.2. The van der Waals surface area contributed by atoms with Crippen molar-refractivity contribution >= 4 is 29.1 Å². The Kier molecular flexibility index (Phi) is 6.56. The van der Waals surface area contributed by atoms with Crippen LogP contribution in [0.25, 0.3) is 6.08 Å². The second kappa shape index (κ2) is 9.30. The van der Waals surface area contributed by atoms with Gasteiger partial charge in [0.15, 0.2) is 0 Å². The first kappa shape index (κ1) is 21.2. The van der Waals surface area contributed by atoms with Crippen molar-refractivity contribution in [1.82, 2.24) is 5.32 Å². The number of nitro benzene ring substituents is 1. The van der Waals surface area contributed by atoms with Crippen molar-refractivity contribution in [3.8, 4) is 0 Å². The first-order valence-electron chi connectivity index (χ1n) is 9.76. The molecule has 2 aromatic rings. The smallest absolute Gasteiger partial charge is 0.338 e. The van der Waals surface area contributed by atoms with Crippen LogP contribution in [0.15, 0.2) is 42.6 Å². The van der Waals surface area contributed by atoms with Crippen molar-refractivity contribution in [2.75, 3.05) is 50.1 Å². The number of piperazine rings is 1. The van der Waals surface area contributed by atoms with Crippen LogP contribution < -0.4 is 15.1 Å². The van der Waals surface area contributed by atoms with Gasteiger partial charge in [-0.25, -0.2) is 4.79 Å². The molecule has 1 fully saturated rings. The highest BCUT2D eigenvalue weighted by Gasteiger charge is 2.27. The number of nitro groups is 1. The number of hydrogen-bond donors (Lipinski definition) is 1. The molecule has 1 heterocycles. The molecular formula is C22H26N4O4. The third-order valence-electron chi connectivity index (χ3n) is 5.25. The predicted octanol–water partition coefficient (Wildman–Crippen LogP) is 3.21. The molecule has 0 bridgehead atoms. The summed E-state index contributed by atoms with van der Waals surface area (Å²) < 4.78 is 4.82. The molecule has 0 amide bonds. The summed E-state index contributed by atoms with van der Waals surface area (Å²) in [6.45, 7) is 4.87. The SMILES string of the molecule is CN/C=C/c1cc(N2CCN(c3ccccc3C)CC2)c([N+](=O)[O-])cc1C(=O)OC. The second-order valence-electron chi connectivity index (χ2n) is 7.06. The Morgan fingerprint density at radius 1 is 1.13 bits per heavy atom. The van der Waals surface area contributed by atoms with E-state index in [1.54, 1.807) is 25.4 Å². The van der Waals surface area contributed by atoms with Crippen LogP contribution in [0.4, 0.5) is 17.1 Å². The monoisotopic (exact) mass is 410 g/mol. The fourth-order valence-corrected chi connectivity index (χ4v) is 3.70. The number of methoxy groups -OCH3 is 1. The van der Waals surface area contributed by atoms with Crippen molar-refractivity contribution in [3.63, 3.8) is 0 Å². The fraction of sp³-hybridized carbons (Fsp3) is 0.318. The minimum absolute atomic E-state index is 0.0960. The number of nitrogens with zero attached hydrogens (tertiary/aromatic N) is 3. The summed E-state index contributed by atoms with van der Waals surface area (Å²) in [5.41, 5.74) is 3.54. The lowest BCUT2D eigenvalue weighted by atomic mass is 10.0. The summed E-state index contributed by atoms with van der Waals surface area (Å²) in [6, 6.07) is 11.2. The van der Waals surface area contributed by atoms with Gasteiger partial charge in [-0.1, -0.05) is 18.2 Å². The summed E-state index contributed by atoms with van der Waals surface area (Å²) >= 11 is 0. The minimum Gasteiger partial charge on any atom is -0.465 e. The molecule has 0 saturated carbocycles. The zero-order valence-corrected chi connectivity index (χ0v) is 17.4. The molecule has 0 aromatic heterocycles. The van der Waals surface area contributed by atoms with Crippen molar-refractivity contribution in [3.05, 3.63) is 69.4 Å². The van der Waals surface area contributed by atoms with E-state index < -0.39 is 10.9 Å². The lowest BCUT2D eigenvalue weighted by Crippen LogP contribution is -2.47. The number of aryl methyl sites for hydroxylation is 1. The Balaban J connectivity index is 1.93. The molecule has 1 aliphatic heterocycles. The van der Waals surface area contributed by atoms with E-state index in [4.69, 9.17) is 4.74 Å². The topological polar surface area (TPSA) is 88.0 Å². The molecule has 1 saturated heterocycles. The van der Waals surface area contributed by atoms with Crippen LogP contribution in [0.3, 0.4) is 0 Å². The average molecular weight is 410 g/mol. The second-order valence-corrected chi connectivity index (χ2v) is 7.06. The van der Waals surface area contributed by atoms with E-state index in [-0.39, 0.29) is 11.3 Å². The van der Waals surface area contributed by atoms with Gasteiger partial charge in [0.25, 0.3) is 5.69 Å². The van der Waals surface area contributed by atoms with E-state index in [0.717, 1.165) is 13.1 Å². The average Bonchev–Trinajstić information content (AvgIpc) is 2.77. The van der Waals surface area contributed by atoms with Gasteiger partial charge in [0.05, 0.1) is 17.6 Å². The molecule has 0 atom stereocenters. The summed E-state index contributed by atoms with van der Waals surface area (Å²) in [5.74, 6) is -0.607. The third kappa shape index (κ3) is 4.37. The number of esters is 1. The van der Waals surface area contributed by atoms with Crippen LogP contribution in [0.2, 0.25) is 0 Å². The Morgan fingerprint density at radius 3 is 2.33 bits per heavy atom. The molecule has 0 radical (unpaired) electrons. The van der Waals surface area contributed by atoms with E-state index >= 15 is 0 Å². The minimum atomic E-state index is -0.607. The Morgan fingerprint density at radius 2 is 1.77 bits per heavy atom. The fourth-order valence-electron chi connectivity index (χ4n) is 3.70. The lowest BCUT2D eigenvalue weighted by Gasteiger charge is -2.37. The Bertz CT molecular complexity index is 966. The molecule has 0 aliphatic carbocycles. The molecule has 2 aromatic carbocycles. The van der Waals surface area contributed by atoms with Gasteiger partial charge in [-0.2, -0.15) is 0 Å². The van der Waals surface area contributed by atoms with Gasteiger partial charge in [-0.3, -0.25) is 10.1 Å². The number of carbonyl (C=O) groups is 1. The van der Waals surface area contributed by atoms with Crippen LogP contribution in [-0.2, 0) is 4.74 Å². The maximum Gasteiger partial charge on any atom is 0.338 e. The first-order valence-corrected chi connectivity index (χ1v) is 9.76. The quantitative estimate of drug-likeness (QED) is 0.444. The highest BCUT2D eigenvalue weighted by molar-refractivity contribution is 5.96. The summed E-state index contributed by atoms with van der Waals surface area (Å²) in [6.07, 6.45) is 3.39. The number of nitrogens with one attached hydrogen (secondary N) is 1. The highest BCUT2D eigenvalue weighted by atomic mass is 16.6. The van der Waals surface area contributed by atoms with Crippen molar-refractivity contribution in [2.45, 2.75) is 6.92 Å². The van der Waals surface area contributed by atoms with Gasteiger partial charge in [-0.05, 0) is 42.5 Å². The van der Waals surface area contributed by atoms with Crippen LogP contribution in [0.5, 0.6) is 0 Å². The van der Waals surface area contributed by atoms with Crippen molar-refractivity contribution in [1.29, 1.82) is 0 Å². The van der Waals surface area contributed by atoms with Gasteiger partial charge in [0, 0.05) is 45.0 Å². The van der Waals surface area contributed by atoms with E-state index in [0.29, 0.717) is 24.3 Å². The van der Waals surface area contributed by atoms with Crippen LogP contribution >= 0.6 is 0 Å². The molecule has 158 valence electrons. The standard InChI is InChI=1S/C22H26N4O4/c1-16-6-4-5-7-19(16)24-10-12-25(13-11-24)20-14-17(8-9-23-2)18(22(27)30-3)15-21(20)26(28)29/h4-9,14-15,23H,10-13H2,1-3H3/b9-8+. The number of carbonyl (C=O) groups excluding carboxylic acids is 1. The summed E-state index contributed by atoms with van der Waals surface area (Å²) in [4.78, 5) is 27.8. The van der Waals surface area contributed by atoms with Gasteiger partial charge < -0.3 is 19.9 Å². The number of anilines is 2. The van der Waals surface area contributed by atoms with Gasteiger partial charge in [0.2, 0.25) is 0 Å². The van der Waals surface area contributed by atoms with Crippen molar-refractivity contribution < 1.29 is 14.5 Å². The molecule has 3 rings (SSSR count). The van der Waals surface area contributed by atoms with E-state index in [1.807, 2.05) is 17.0 Å². The zero-order valence-electron chi connectivity index (χ0n) is 17.4. The van der Waals surface area contributed by atoms with Crippen LogP contribution in [-0.4, -0.2) is 51.2 Å². The predicted molar refractivity (Wildman–Crippen MR) is 118 cm³/mol. The number of para-hydroxylation sites is 1. The van der Waals surface area contributed by atoms with E-state index in [1.165, 1.54) is 24.4 Å². The number of ether oxygens (including phenoxy) is 1. The molecule has 0 unspecified atom stereocenters. The summed E-state index contributed by atoms with van der Waals surface area (Å²) in [5, 5.41) is 14.6. The van der Waals surface area contributed by atoms with Crippen LogP contribution in [0.1, 0.15) is 21.5 Å². The number of benzene rings is 2. The molecule has 1 N–H and O–H groups in total. The molecule has 8 nitrogen and oxygen atoms in total. The van der Waals surface area contributed by atoms with E-state index in [2.05, 4.69) is 29.3 Å². The Hall–Kier alpha value is -3.55. The molecular weight excluding hydrogens is 384 g/mol. The molecule has 1 aliphatic rings. The van der Waals surface area contributed by atoms with Crippen LogP contribution in [0, 0.1) is 17.0 Å². The zero-order chi connectivity index (χ0) is 21.7. The highest BCUT2D eigenvalue weighted by Crippen LogP contribution is 2.34. The van der Waals surface area contributed by atoms with Gasteiger partial charge in [-0.15, -0.1) is 0 Å². The Labute approximate surface area is 175 Å². The number of rotatable bonds is 6. The third-order valence-corrected chi connectivity index (χ3v) is 5.25. The van der Waals surface area contributed by atoms with Crippen molar-refractivity contribution in [2.24, 2.45) is 0 Å². The maximum atomic E-state index is 12.2. The molecule has 30 heavy (non-hydrogen) atoms. The lowest BCUT2D eigenvalue weighted by molar-refractivity contribution is -0.384. The molecule has 8 heteroatoms. The first-order chi connectivity index (χ1) is 14.5. The molecule has 0 spiro atoms. The number of hydrogen-bond acceptors (Lipinski definition) is 7. The van der Waals surface area contributed by atoms with Gasteiger partial charge >= 0.3 is 5.97 Å². The van der Waals surface area contributed by atoms with E-state index in [9.17, 15) is 14.9 Å². The largest absolute Gasteiger partial charge is 0.465 e. The van der Waals surface area contributed by atoms with Gasteiger partial charge in [0.1, 0.15) is 5.69 Å². The normalized spacial score (nSPS) is 14.1.